The van der Waals surface area contributed by atoms with Gasteiger partial charge in [0.1, 0.15) is 48.8 Å². The first-order valence-corrected chi connectivity index (χ1v) is 45.6. The third-order valence-corrected chi connectivity index (χ3v) is 22.7. The van der Waals surface area contributed by atoms with Crippen LogP contribution < -0.4 is 5.32 Å². The Kier molecular flexibility index (Phi) is 70.3. The van der Waals surface area contributed by atoms with Crippen LogP contribution in [0.2, 0.25) is 0 Å². The van der Waals surface area contributed by atoms with Gasteiger partial charge in [-0.25, -0.2) is 0 Å². The maximum Gasteiger partial charge on any atom is 0.220 e. The average molecular weight is 1480 g/mol. The Hall–Kier alpha value is -1.53. The highest BCUT2D eigenvalue weighted by molar-refractivity contribution is 5.76. The third-order valence-electron chi connectivity index (χ3n) is 22.7. The predicted octanol–water partition coefficient (Wildman–Crippen LogP) is 22.2. The molecule has 12 atom stereocenters. The standard InChI is InChI=1S/C90H173NO13/c1-3-5-7-9-11-13-15-17-19-21-23-25-27-29-31-33-34-35-36-37-38-39-40-41-42-43-44-46-48-50-52-54-56-58-60-62-64-66-68-70-72-74-82(95)91-78(77-101-89-87(100)85(98)88(81(76-93)103-89)104-90-86(99)84(97)83(96)80(75-92)102-90)79(94)73-71-69-67-65-63-61-59-57-55-53-51-49-47-45-32-30-28-26-24-22-20-18-16-14-12-10-8-6-4-2/h15,17,21,23,78-81,83-90,92-94,96-100H,3-14,16,18-20,22,24-77H2,1-2H3,(H,91,95)/b17-15-,23-21-. The Balaban J connectivity index is 1.53. The van der Waals surface area contributed by atoms with Crippen LogP contribution in [0.25, 0.3) is 0 Å². The molecule has 0 bridgehead atoms. The lowest BCUT2D eigenvalue weighted by Crippen LogP contribution is -2.65. The Morgan fingerprint density at radius 2 is 0.635 bits per heavy atom. The highest BCUT2D eigenvalue weighted by Crippen LogP contribution is 2.31. The van der Waals surface area contributed by atoms with Gasteiger partial charge in [-0.1, -0.05) is 423 Å². The number of hydrogen-bond acceptors (Lipinski definition) is 13. The number of amides is 1. The van der Waals surface area contributed by atoms with E-state index in [1.807, 2.05) is 0 Å². The number of hydrogen-bond donors (Lipinski definition) is 9. The Labute approximate surface area is 640 Å². The highest BCUT2D eigenvalue weighted by atomic mass is 16.7. The molecule has 14 heteroatoms. The molecule has 1 amide bonds. The summed E-state index contributed by atoms with van der Waals surface area (Å²) in [7, 11) is 0. The van der Waals surface area contributed by atoms with E-state index in [1.54, 1.807) is 0 Å². The SMILES string of the molecule is CCCCCCC/C=C\C/C=C\CCCCCCCCCCCCCCCCCCCCCCCCCCCCCCCC(=O)NC(COC1OC(CO)C(OC2OC(CO)C(O)C(O)C2O)C(O)C1O)C(O)CCCCCCCCCCCCCCCCCCCCCCCCCCCCCCC. The van der Waals surface area contributed by atoms with Crippen LogP contribution >= 0.6 is 0 Å². The largest absolute Gasteiger partial charge is 0.394 e. The van der Waals surface area contributed by atoms with Crippen molar-refractivity contribution in [2.45, 2.75) is 524 Å². The van der Waals surface area contributed by atoms with Crippen molar-refractivity contribution in [1.82, 2.24) is 5.32 Å². The number of rotatable bonds is 79. The van der Waals surface area contributed by atoms with Crippen molar-refractivity contribution >= 4 is 5.91 Å². The van der Waals surface area contributed by atoms with E-state index in [4.69, 9.17) is 18.9 Å². The summed E-state index contributed by atoms with van der Waals surface area (Å²) in [6.07, 6.45) is 81.2. The van der Waals surface area contributed by atoms with Gasteiger partial charge in [-0.15, -0.1) is 0 Å². The van der Waals surface area contributed by atoms with E-state index >= 15 is 0 Å². The topological polar surface area (TPSA) is 228 Å². The molecule has 2 heterocycles. The smallest absolute Gasteiger partial charge is 0.220 e. The molecule has 0 aromatic heterocycles. The van der Waals surface area contributed by atoms with E-state index in [-0.39, 0.29) is 12.5 Å². The molecule has 2 aliphatic heterocycles. The van der Waals surface area contributed by atoms with Gasteiger partial charge in [0.25, 0.3) is 0 Å². The quantitative estimate of drug-likeness (QED) is 0.0204. The maximum atomic E-state index is 13.4. The average Bonchev–Trinajstić information content (AvgIpc) is 0.789. The Morgan fingerprint density at radius 1 is 0.346 bits per heavy atom. The minimum atomic E-state index is -1.78. The van der Waals surface area contributed by atoms with Crippen molar-refractivity contribution in [1.29, 1.82) is 0 Å². The second kappa shape index (κ2) is 74.2. The minimum Gasteiger partial charge on any atom is -0.394 e. The lowest BCUT2D eigenvalue weighted by molar-refractivity contribution is -0.359. The van der Waals surface area contributed by atoms with E-state index < -0.39 is 86.8 Å². The first-order chi connectivity index (χ1) is 51.1. The number of unbranched alkanes of at least 4 members (excludes halogenated alkanes) is 62. The van der Waals surface area contributed by atoms with Gasteiger partial charge in [-0.2, -0.15) is 0 Å². The van der Waals surface area contributed by atoms with Crippen molar-refractivity contribution < 1.29 is 64.6 Å². The monoisotopic (exact) mass is 1480 g/mol. The summed E-state index contributed by atoms with van der Waals surface area (Å²) in [4.78, 5) is 13.4. The number of allylic oxidation sites excluding steroid dienone is 4. The van der Waals surface area contributed by atoms with Crippen LogP contribution in [0.3, 0.4) is 0 Å². The molecule has 9 N–H and O–H groups in total. The van der Waals surface area contributed by atoms with Crippen molar-refractivity contribution in [3.8, 4) is 0 Å². The summed E-state index contributed by atoms with van der Waals surface area (Å²) in [5.41, 5.74) is 0. The Bertz CT molecular complexity index is 1840. The van der Waals surface area contributed by atoms with Gasteiger partial charge in [-0.05, 0) is 44.9 Å². The molecule has 2 aliphatic rings. The van der Waals surface area contributed by atoms with E-state index in [1.165, 1.54) is 366 Å². The summed E-state index contributed by atoms with van der Waals surface area (Å²) < 4.78 is 23.0. The molecule has 616 valence electrons. The van der Waals surface area contributed by atoms with Crippen molar-refractivity contribution in [2.75, 3.05) is 19.8 Å². The molecule has 0 spiro atoms. The molecule has 2 rings (SSSR count). The van der Waals surface area contributed by atoms with Crippen LogP contribution in [0.5, 0.6) is 0 Å². The van der Waals surface area contributed by atoms with Gasteiger partial charge < -0.3 is 65.1 Å². The van der Waals surface area contributed by atoms with Crippen LogP contribution in [0.4, 0.5) is 0 Å². The van der Waals surface area contributed by atoms with Crippen LogP contribution in [-0.4, -0.2) is 140 Å². The molecule has 0 saturated carbocycles. The molecule has 0 radical (unpaired) electrons. The summed E-state index contributed by atoms with van der Waals surface area (Å²) in [5, 5.41) is 88.1. The zero-order valence-corrected chi connectivity index (χ0v) is 68.1. The first kappa shape index (κ1) is 98.5. The molecule has 0 aromatic rings. The van der Waals surface area contributed by atoms with Crippen LogP contribution in [-0.2, 0) is 23.7 Å². The highest BCUT2D eigenvalue weighted by Gasteiger charge is 2.51. The normalized spacial score (nSPS) is 21.5. The number of aliphatic hydroxyl groups excluding tert-OH is 8. The molecule has 12 unspecified atom stereocenters. The van der Waals surface area contributed by atoms with Crippen molar-refractivity contribution in [3.05, 3.63) is 24.3 Å². The number of aliphatic hydroxyl groups is 8. The molecule has 2 saturated heterocycles. The fourth-order valence-electron chi connectivity index (χ4n) is 15.5. The minimum absolute atomic E-state index is 0.195. The Morgan fingerprint density at radius 3 is 0.962 bits per heavy atom. The number of carbonyl (C=O) groups excluding carboxylic acids is 1. The van der Waals surface area contributed by atoms with E-state index in [0.29, 0.717) is 12.8 Å². The summed E-state index contributed by atoms with van der Waals surface area (Å²) >= 11 is 0. The lowest BCUT2D eigenvalue weighted by Gasteiger charge is -2.46. The second-order valence-electron chi connectivity index (χ2n) is 32.4. The predicted molar refractivity (Wildman–Crippen MR) is 434 cm³/mol. The van der Waals surface area contributed by atoms with Gasteiger partial charge >= 0.3 is 0 Å². The number of nitrogens with one attached hydrogen (secondary N) is 1. The zero-order chi connectivity index (χ0) is 75.1. The molecule has 0 aliphatic carbocycles. The van der Waals surface area contributed by atoms with E-state index in [2.05, 4.69) is 43.5 Å². The van der Waals surface area contributed by atoms with Gasteiger partial charge in [0.2, 0.25) is 5.91 Å². The van der Waals surface area contributed by atoms with Gasteiger partial charge in [0.05, 0.1) is 32.0 Å². The third kappa shape index (κ3) is 55.8. The van der Waals surface area contributed by atoms with Crippen LogP contribution in [0.1, 0.15) is 450 Å². The van der Waals surface area contributed by atoms with Gasteiger partial charge in [0.15, 0.2) is 12.6 Å². The molecular weight excluding hydrogens is 1300 g/mol. The first-order valence-electron chi connectivity index (χ1n) is 45.6. The van der Waals surface area contributed by atoms with E-state index in [0.717, 1.165) is 57.8 Å². The fraction of sp³-hybridized carbons (Fsp3) is 0.944. The number of carbonyl (C=O) groups is 1. The number of ether oxygens (including phenoxy) is 4. The van der Waals surface area contributed by atoms with E-state index in [9.17, 15) is 45.6 Å². The van der Waals surface area contributed by atoms with Crippen molar-refractivity contribution in [3.63, 3.8) is 0 Å². The molecule has 2 fully saturated rings. The van der Waals surface area contributed by atoms with Gasteiger partial charge in [0, 0.05) is 6.42 Å². The van der Waals surface area contributed by atoms with Crippen LogP contribution in [0.15, 0.2) is 24.3 Å². The van der Waals surface area contributed by atoms with Gasteiger partial charge in [-0.3, -0.25) is 4.79 Å². The molecule has 14 nitrogen and oxygen atoms in total. The second-order valence-corrected chi connectivity index (χ2v) is 32.4. The fourth-order valence-corrected chi connectivity index (χ4v) is 15.5. The lowest BCUT2D eigenvalue weighted by atomic mass is 9.97. The summed E-state index contributed by atoms with van der Waals surface area (Å²) in [5.74, 6) is -0.195. The summed E-state index contributed by atoms with van der Waals surface area (Å²) in [6.45, 7) is 2.94. The molecule has 0 aromatic carbocycles. The van der Waals surface area contributed by atoms with Crippen LogP contribution in [0, 0.1) is 0 Å². The maximum absolute atomic E-state index is 13.4. The molecular formula is C90H173NO13. The zero-order valence-electron chi connectivity index (χ0n) is 68.1. The summed E-state index contributed by atoms with van der Waals surface area (Å²) in [6, 6.07) is -0.828. The van der Waals surface area contributed by atoms with Crippen molar-refractivity contribution in [2.24, 2.45) is 0 Å². The molecule has 104 heavy (non-hydrogen) atoms.